The number of carbonyl (C=O) groups is 3. The molecule has 0 saturated carbocycles. The number of β-lactam (4-membered cyclic amide) rings is 1. The molecule has 1 fully saturated rings. The van der Waals surface area contributed by atoms with Gasteiger partial charge in [-0.25, -0.2) is 0 Å². The van der Waals surface area contributed by atoms with E-state index in [0.29, 0.717) is 10.7 Å². The number of hydrogen-bond acceptors (Lipinski definition) is 4. The molecule has 5 nitrogen and oxygen atoms in total. The lowest BCUT2D eigenvalue weighted by Crippen LogP contribution is -2.67. The summed E-state index contributed by atoms with van der Waals surface area (Å²) >= 11 is 32.1. The number of fused-ring (bicyclic) bond motifs is 1. The fourth-order valence-electron chi connectivity index (χ4n) is 3.98. The molecule has 0 N–H and O–H groups in total. The highest BCUT2D eigenvalue weighted by Gasteiger charge is 2.58. The number of halogens is 5. The molecule has 2 aromatic carbocycles. The number of nitrogens with zero attached hydrogens (tertiary/aromatic N) is 2. The van der Waals surface area contributed by atoms with Gasteiger partial charge in [-0.3, -0.25) is 24.2 Å². The fraction of sp³-hybridized carbons (Fsp3) is 0.0952. The van der Waals surface area contributed by atoms with Crippen LogP contribution in [0.15, 0.2) is 41.8 Å². The Hall–Kier alpha value is -1.80. The first-order valence-electron chi connectivity index (χ1n) is 9.10. The molecular formula is C21H9Cl5N2O3S. The van der Waals surface area contributed by atoms with E-state index in [1.807, 2.05) is 17.5 Å². The Morgan fingerprint density at radius 3 is 1.75 bits per heavy atom. The van der Waals surface area contributed by atoms with Crippen LogP contribution in [0.2, 0.25) is 25.1 Å². The number of rotatable bonds is 3. The Kier molecular flexibility index (Phi) is 5.44. The maximum atomic E-state index is 13.3. The fourth-order valence-corrected chi connectivity index (χ4v) is 5.96. The molecule has 0 unspecified atom stereocenters. The van der Waals surface area contributed by atoms with Gasteiger partial charge in [0.15, 0.2) is 0 Å². The summed E-state index contributed by atoms with van der Waals surface area (Å²) in [4.78, 5) is 43.1. The van der Waals surface area contributed by atoms with E-state index < -0.39 is 29.8 Å². The van der Waals surface area contributed by atoms with Gasteiger partial charge in [-0.05, 0) is 35.7 Å². The minimum atomic E-state index is -1.08. The van der Waals surface area contributed by atoms with Crippen LogP contribution < -0.4 is 4.90 Å². The molecule has 11 heteroatoms. The number of benzene rings is 2. The Labute approximate surface area is 211 Å². The quantitative estimate of drug-likeness (QED) is 0.158. The summed E-state index contributed by atoms with van der Waals surface area (Å²) in [7, 11) is 0. The molecule has 3 heterocycles. The summed E-state index contributed by atoms with van der Waals surface area (Å²) < 4.78 is 0. The molecular weight excluding hydrogens is 538 g/mol. The molecule has 0 radical (unpaired) electrons. The number of thiophene rings is 1. The van der Waals surface area contributed by atoms with Gasteiger partial charge in [-0.15, -0.1) is 11.3 Å². The van der Waals surface area contributed by atoms with E-state index in [4.69, 9.17) is 58.0 Å². The van der Waals surface area contributed by atoms with Gasteiger partial charge >= 0.3 is 0 Å². The molecule has 0 aliphatic carbocycles. The molecule has 1 aromatic heterocycles. The molecule has 0 spiro atoms. The average molecular weight is 547 g/mol. The maximum absolute atomic E-state index is 13.3. The van der Waals surface area contributed by atoms with Gasteiger partial charge in [-0.1, -0.05) is 64.1 Å². The normalized spacial score (nSPS) is 20.1. The second-order valence-electron chi connectivity index (χ2n) is 7.08. The second kappa shape index (κ2) is 7.90. The lowest BCUT2D eigenvalue weighted by Gasteiger charge is -2.49. The van der Waals surface area contributed by atoms with Crippen LogP contribution in [0.25, 0.3) is 0 Å². The smallest absolute Gasteiger partial charge is 0.264 e. The van der Waals surface area contributed by atoms with Gasteiger partial charge in [0, 0.05) is 15.6 Å². The molecule has 5 rings (SSSR count). The lowest BCUT2D eigenvalue weighted by atomic mass is 9.90. The summed E-state index contributed by atoms with van der Waals surface area (Å²) in [6.45, 7) is 0. The highest BCUT2D eigenvalue weighted by Crippen LogP contribution is 2.49. The molecule has 2 aliphatic heterocycles. The van der Waals surface area contributed by atoms with E-state index in [2.05, 4.69) is 0 Å². The lowest BCUT2D eigenvalue weighted by molar-refractivity contribution is -0.130. The zero-order chi connectivity index (χ0) is 22.9. The summed E-state index contributed by atoms with van der Waals surface area (Å²) in [6, 6.07) is 8.72. The number of amides is 3. The van der Waals surface area contributed by atoms with Crippen molar-refractivity contribution in [1.29, 1.82) is 0 Å². The predicted octanol–water partition coefficient (Wildman–Crippen LogP) is 6.77. The van der Waals surface area contributed by atoms with Crippen LogP contribution in [0.3, 0.4) is 0 Å². The topological polar surface area (TPSA) is 57.7 Å². The van der Waals surface area contributed by atoms with Gasteiger partial charge in [-0.2, -0.15) is 0 Å². The van der Waals surface area contributed by atoms with Crippen molar-refractivity contribution in [2.45, 2.75) is 12.1 Å². The van der Waals surface area contributed by atoms with Crippen molar-refractivity contribution >= 4 is 92.8 Å². The number of imide groups is 1. The SMILES string of the molecule is O=C1c2c(Cl)c(Cl)c(Cl)c(Cl)c2C(=O)N1[C@@H]1C(=O)N(c2ccc(Cl)cc2)[C@@H]1c1cccs1. The van der Waals surface area contributed by atoms with Crippen LogP contribution in [-0.4, -0.2) is 28.7 Å². The van der Waals surface area contributed by atoms with Crippen molar-refractivity contribution in [3.63, 3.8) is 0 Å². The molecule has 2 atom stereocenters. The van der Waals surface area contributed by atoms with Crippen LogP contribution in [0.1, 0.15) is 31.6 Å². The van der Waals surface area contributed by atoms with E-state index in [0.717, 1.165) is 9.78 Å². The van der Waals surface area contributed by atoms with Crippen LogP contribution >= 0.6 is 69.3 Å². The van der Waals surface area contributed by atoms with Crippen molar-refractivity contribution in [3.05, 3.63) is 82.9 Å². The molecule has 0 bridgehead atoms. The zero-order valence-electron chi connectivity index (χ0n) is 15.6. The van der Waals surface area contributed by atoms with E-state index >= 15 is 0 Å². The summed E-state index contributed by atoms with van der Waals surface area (Å²) in [6.07, 6.45) is 0. The van der Waals surface area contributed by atoms with Crippen molar-refractivity contribution in [2.24, 2.45) is 0 Å². The van der Waals surface area contributed by atoms with Crippen LogP contribution in [0.5, 0.6) is 0 Å². The van der Waals surface area contributed by atoms with Crippen molar-refractivity contribution in [1.82, 2.24) is 4.90 Å². The number of carbonyl (C=O) groups excluding carboxylic acids is 3. The minimum Gasteiger partial charge on any atom is -0.300 e. The van der Waals surface area contributed by atoms with E-state index in [-0.39, 0.29) is 31.2 Å². The van der Waals surface area contributed by atoms with Gasteiger partial charge in [0.05, 0.1) is 31.2 Å². The first kappa shape index (κ1) is 22.0. The Morgan fingerprint density at radius 1 is 0.688 bits per heavy atom. The third-order valence-electron chi connectivity index (χ3n) is 5.42. The molecule has 3 amide bonds. The molecule has 1 saturated heterocycles. The highest BCUT2D eigenvalue weighted by atomic mass is 35.5. The molecule has 32 heavy (non-hydrogen) atoms. The van der Waals surface area contributed by atoms with Gasteiger partial charge < -0.3 is 0 Å². The monoisotopic (exact) mass is 544 g/mol. The van der Waals surface area contributed by atoms with E-state index in [9.17, 15) is 14.4 Å². The zero-order valence-corrected chi connectivity index (χ0v) is 20.2. The van der Waals surface area contributed by atoms with Gasteiger partial charge in [0.25, 0.3) is 17.7 Å². The Balaban J connectivity index is 1.61. The van der Waals surface area contributed by atoms with Gasteiger partial charge in [0.2, 0.25) is 0 Å². The molecule has 3 aromatic rings. The van der Waals surface area contributed by atoms with Crippen molar-refractivity contribution in [3.8, 4) is 0 Å². The average Bonchev–Trinajstić information content (AvgIpc) is 3.38. The Morgan fingerprint density at radius 2 is 1.25 bits per heavy atom. The summed E-state index contributed by atoms with van der Waals surface area (Å²) in [5, 5.41) is 1.77. The third kappa shape index (κ3) is 3.01. The van der Waals surface area contributed by atoms with Crippen LogP contribution in [0.4, 0.5) is 5.69 Å². The van der Waals surface area contributed by atoms with Gasteiger partial charge in [0.1, 0.15) is 12.1 Å². The van der Waals surface area contributed by atoms with Crippen LogP contribution in [-0.2, 0) is 4.79 Å². The summed E-state index contributed by atoms with van der Waals surface area (Å²) in [5.74, 6) is -1.91. The van der Waals surface area contributed by atoms with Crippen molar-refractivity contribution < 1.29 is 14.4 Å². The molecule has 2 aliphatic rings. The maximum Gasteiger partial charge on any atom is 0.264 e. The number of anilines is 1. The first-order valence-corrected chi connectivity index (χ1v) is 11.9. The largest absolute Gasteiger partial charge is 0.300 e. The standard InChI is InChI=1S/C21H9Cl5N2O3S/c22-8-3-5-9(6-4-8)27-17(10-2-1-7-32-10)18(21(27)31)28-19(29)11-12(20(28)30)14(24)16(26)15(25)13(11)23/h1-7,17-18H/t17-,18+/m1/s1. The third-order valence-corrected chi connectivity index (χ3v) is 8.41. The van der Waals surface area contributed by atoms with E-state index in [1.54, 1.807) is 24.3 Å². The predicted molar refractivity (Wildman–Crippen MR) is 127 cm³/mol. The first-order chi connectivity index (χ1) is 15.2. The van der Waals surface area contributed by atoms with Crippen LogP contribution in [0, 0.1) is 0 Å². The molecule has 162 valence electrons. The Bertz CT molecular complexity index is 1260. The second-order valence-corrected chi connectivity index (χ2v) is 10.0. The van der Waals surface area contributed by atoms with E-state index in [1.165, 1.54) is 16.2 Å². The van der Waals surface area contributed by atoms with Crippen molar-refractivity contribution in [2.75, 3.05) is 4.90 Å². The number of hydrogen-bond donors (Lipinski definition) is 0. The summed E-state index contributed by atoms with van der Waals surface area (Å²) in [5.41, 5.74) is 0.283. The minimum absolute atomic E-state index is 0.127. The highest BCUT2D eigenvalue weighted by molar-refractivity contribution is 7.10.